The van der Waals surface area contributed by atoms with E-state index in [-0.39, 0.29) is 11.3 Å². The third-order valence-corrected chi connectivity index (χ3v) is 2.60. The molecule has 0 radical (unpaired) electrons. The number of methoxy groups -OCH3 is 1. The molecule has 0 atom stereocenters. The van der Waals surface area contributed by atoms with E-state index < -0.39 is 5.91 Å². The number of ether oxygens (including phenoxy) is 1. The van der Waals surface area contributed by atoms with Crippen LogP contribution in [0.4, 0.5) is 5.82 Å². The Hall–Kier alpha value is -2.56. The van der Waals surface area contributed by atoms with E-state index in [0.29, 0.717) is 11.6 Å². The fourth-order valence-electron chi connectivity index (χ4n) is 1.55. The van der Waals surface area contributed by atoms with Crippen LogP contribution < -0.4 is 10.1 Å². The zero-order valence-corrected chi connectivity index (χ0v) is 10.7. The van der Waals surface area contributed by atoms with Gasteiger partial charge in [-0.15, -0.1) is 0 Å². The molecule has 0 unspecified atom stereocenters. The molecule has 0 saturated heterocycles. The largest absolute Gasteiger partial charge is 0.507 e. The molecular weight excluding hydrogens is 244 g/mol. The summed E-state index contributed by atoms with van der Waals surface area (Å²) in [6.07, 6.45) is 1.65. The van der Waals surface area contributed by atoms with Gasteiger partial charge < -0.3 is 15.2 Å². The van der Waals surface area contributed by atoms with Crippen molar-refractivity contribution >= 4 is 11.7 Å². The van der Waals surface area contributed by atoms with Crippen molar-refractivity contribution in [3.8, 4) is 11.5 Å². The Bertz CT molecular complexity index is 594. The quantitative estimate of drug-likeness (QED) is 0.886. The second-order valence-electron chi connectivity index (χ2n) is 4.06. The number of carbonyl (C=O) groups excluding carboxylic acids is 1. The number of aromatic hydroxyl groups is 1. The Morgan fingerprint density at radius 3 is 2.74 bits per heavy atom. The lowest BCUT2D eigenvalue weighted by atomic mass is 10.1. The fourth-order valence-corrected chi connectivity index (χ4v) is 1.55. The Kier molecular flexibility index (Phi) is 3.66. The Balaban J connectivity index is 2.22. The molecule has 0 saturated carbocycles. The minimum Gasteiger partial charge on any atom is -0.507 e. The van der Waals surface area contributed by atoms with Crippen LogP contribution in [-0.2, 0) is 0 Å². The number of aromatic nitrogens is 1. The van der Waals surface area contributed by atoms with Crippen LogP contribution in [0.2, 0.25) is 0 Å². The van der Waals surface area contributed by atoms with Gasteiger partial charge in [0.1, 0.15) is 17.3 Å². The first kappa shape index (κ1) is 12.9. The first-order chi connectivity index (χ1) is 9.10. The standard InChI is InChI=1S/C14H14N2O3/c1-9-3-6-13(15-8-9)16-14(18)11-7-10(19-2)4-5-12(11)17/h3-8,17H,1-2H3,(H,15,16,18). The highest BCUT2D eigenvalue weighted by molar-refractivity contribution is 6.05. The van der Waals surface area contributed by atoms with Gasteiger partial charge in [-0.1, -0.05) is 6.07 Å². The number of carbonyl (C=O) groups is 1. The minimum atomic E-state index is -0.437. The van der Waals surface area contributed by atoms with Crippen molar-refractivity contribution in [1.82, 2.24) is 4.98 Å². The lowest BCUT2D eigenvalue weighted by Crippen LogP contribution is -2.13. The van der Waals surface area contributed by atoms with Crippen LogP contribution in [0.5, 0.6) is 11.5 Å². The number of aryl methyl sites for hydroxylation is 1. The summed E-state index contributed by atoms with van der Waals surface area (Å²) >= 11 is 0. The number of amides is 1. The van der Waals surface area contributed by atoms with Gasteiger partial charge in [0.15, 0.2) is 0 Å². The third-order valence-electron chi connectivity index (χ3n) is 2.60. The summed E-state index contributed by atoms with van der Waals surface area (Å²) < 4.78 is 5.02. The van der Waals surface area contributed by atoms with Gasteiger partial charge in [-0.3, -0.25) is 4.79 Å². The second kappa shape index (κ2) is 5.39. The van der Waals surface area contributed by atoms with Crippen LogP contribution in [0.1, 0.15) is 15.9 Å². The van der Waals surface area contributed by atoms with Crippen molar-refractivity contribution in [1.29, 1.82) is 0 Å². The second-order valence-corrected chi connectivity index (χ2v) is 4.06. The van der Waals surface area contributed by atoms with Crippen molar-refractivity contribution in [3.63, 3.8) is 0 Å². The highest BCUT2D eigenvalue weighted by atomic mass is 16.5. The van der Waals surface area contributed by atoms with Crippen LogP contribution >= 0.6 is 0 Å². The van der Waals surface area contributed by atoms with Crippen molar-refractivity contribution < 1.29 is 14.6 Å². The van der Waals surface area contributed by atoms with E-state index in [9.17, 15) is 9.90 Å². The van der Waals surface area contributed by atoms with E-state index in [1.54, 1.807) is 18.3 Å². The van der Waals surface area contributed by atoms with Gasteiger partial charge in [0.2, 0.25) is 0 Å². The van der Waals surface area contributed by atoms with E-state index in [4.69, 9.17) is 4.74 Å². The van der Waals surface area contributed by atoms with Crippen LogP contribution in [0.3, 0.4) is 0 Å². The number of hydrogen-bond donors (Lipinski definition) is 2. The fraction of sp³-hybridized carbons (Fsp3) is 0.143. The molecule has 19 heavy (non-hydrogen) atoms. The molecule has 0 aliphatic rings. The van der Waals surface area contributed by atoms with Gasteiger partial charge >= 0.3 is 0 Å². The summed E-state index contributed by atoms with van der Waals surface area (Å²) in [6, 6.07) is 8.00. The summed E-state index contributed by atoms with van der Waals surface area (Å²) in [6.45, 7) is 1.91. The molecule has 2 rings (SSSR count). The van der Waals surface area contributed by atoms with Gasteiger partial charge in [0, 0.05) is 6.20 Å². The summed E-state index contributed by atoms with van der Waals surface area (Å²) in [5.74, 6) is 0.385. The number of rotatable bonds is 3. The predicted molar refractivity (Wildman–Crippen MR) is 71.6 cm³/mol. The Labute approximate surface area is 110 Å². The summed E-state index contributed by atoms with van der Waals surface area (Å²) in [7, 11) is 1.50. The molecule has 0 aliphatic carbocycles. The van der Waals surface area contributed by atoms with E-state index in [1.165, 1.54) is 19.2 Å². The number of pyridine rings is 1. The molecule has 5 heteroatoms. The van der Waals surface area contributed by atoms with Crippen LogP contribution in [0, 0.1) is 6.92 Å². The van der Waals surface area contributed by atoms with E-state index >= 15 is 0 Å². The van der Waals surface area contributed by atoms with E-state index in [1.807, 2.05) is 13.0 Å². The normalized spacial score (nSPS) is 10.0. The lowest BCUT2D eigenvalue weighted by Gasteiger charge is -2.08. The van der Waals surface area contributed by atoms with Crippen molar-refractivity contribution in [2.24, 2.45) is 0 Å². The number of nitrogens with zero attached hydrogens (tertiary/aromatic N) is 1. The van der Waals surface area contributed by atoms with Gasteiger partial charge in [0.05, 0.1) is 12.7 Å². The molecule has 1 aromatic carbocycles. The first-order valence-electron chi connectivity index (χ1n) is 5.71. The van der Waals surface area contributed by atoms with E-state index in [2.05, 4.69) is 10.3 Å². The summed E-state index contributed by atoms with van der Waals surface area (Å²) in [4.78, 5) is 16.1. The van der Waals surface area contributed by atoms with Crippen LogP contribution in [-0.4, -0.2) is 23.1 Å². The molecule has 0 fully saturated rings. The molecule has 1 amide bonds. The van der Waals surface area contributed by atoms with Crippen LogP contribution in [0.15, 0.2) is 36.5 Å². The number of hydrogen-bond acceptors (Lipinski definition) is 4. The maximum Gasteiger partial charge on any atom is 0.260 e. The van der Waals surface area contributed by atoms with Gasteiger partial charge in [-0.2, -0.15) is 0 Å². The highest BCUT2D eigenvalue weighted by Gasteiger charge is 2.13. The molecule has 2 N–H and O–H groups in total. The molecule has 1 heterocycles. The lowest BCUT2D eigenvalue weighted by molar-refractivity contribution is 0.102. The number of phenols is 1. The Morgan fingerprint density at radius 1 is 1.32 bits per heavy atom. The molecule has 2 aromatic rings. The SMILES string of the molecule is COc1ccc(O)c(C(=O)Nc2ccc(C)cn2)c1. The zero-order chi connectivity index (χ0) is 13.8. The number of benzene rings is 1. The molecule has 5 nitrogen and oxygen atoms in total. The monoisotopic (exact) mass is 258 g/mol. The smallest absolute Gasteiger partial charge is 0.260 e. The van der Waals surface area contributed by atoms with Gasteiger partial charge in [-0.05, 0) is 36.8 Å². The number of phenolic OH excluding ortho intramolecular Hbond substituents is 1. The first-order valence-corrected chi connectivity index (χ1v) is 5.71. The van der Waals surface area contributed by atoms with Gasteiger partial charge in [-0.25, -0.2) is 4.98 Å². The average Bonchev–Trinajstić information content (AvgIpc) is 2.42. The Morgan fingerprint density at radius 2 is 2.11 bits per heavy atom. The molecule has 0 bridgehead atoms. The van der Waals surface area contributed by atoms with Crippen molar-refractivity contribution in [2.75, 3.05) is 12.4 Å². The van der Waals surface area contributed by atoms with Crippen molar-refractivity contribution in [2.45, 2.75) is 6.92 Å². The molecule has 98 valence electrons. The van der Waals surface area contributed by atoms with E-state index in [0.717, 1.165) is 5.56 Å². The summed E-state index contributed by atoms with van der Waals surface area (Å²) in [5, 5.41) is 12.3. The zero-order valence-electron chi connectivity index (χ0n) is 10.7. The molecular formula is C14H14N2O3. The maximum absolute atomic E-state index is 12.0. The number of nitrogens with one attached hydrogen (secondary N) is 1. The molecule has 1 aromatic heterocycles. The molecule has 0 spiro atoms. The van der Waals surface area contributed by atoms with Crippen LogP contribution in [0.25, 0.3) is 0 Å². The number of anilines is 1. The van der Waals surface area contributed by atoms with Gasteiger partial charge in [0.25, 0.3) is 5.91 Å². The topological polar surface area (TPSA) is 71.5 Å². The minimum absolute atomic E-state index is 0.106. The van der Waals surface area contributed by atoms with Crippen molar-refractivity contribution in [3.05, 3.63) is 47.7 Å². The summed E-state index contributed by atoms with van der Waals surface area (Å²) in [5.41, 5.74) is 1.14. The molecule has 0 aliphatic heterocycles. The third kappa shape index (κ3) is 3.01. The predicted octanol–water partition coefficient (Wildman–Crippen LogP) is 2.36. The average molecular weight is 258 g/mol. The highest BCUT2D eigenvalue weighted by Crippen LogP contribution is 2.23. The maximum atomic E-state index is 12.0.